The molecule has 3 rings (SSSR count). The van der Waals surface area contributed by atoms with Crippen LogP contribution in [0.5, 0.6) is 0 Å². The molecule has 0 fully saturated rings. The lowest BCUT2D eigenvalue weighted by atomic mass is 10.0. The number of aromatic nitrogens is 3. The summed E-state index contributed by atoms with van der Waals surface area (Å²) in [4.78, 5) is 15.6. The second-order valence-corrected chi connectivity index (χ2v) is 6.24. The van der Waals surface area contributed by atoms with Crippen LogP contribution >= 0.6 is 11.6 Å². The van der Waals surface area contributed by atoms with E-state index in [0.717, 1.165) is 39.4 Å². The second-order valence-electron chi connectivity index (χ2n) is 5.83. The lowest BCUT2D eigenvalue weighted by Gasteiger charge is -2.11. The molecule has 0 unspecified atom stereocenters. The largest absolute Gasteiger partial charge is 0.481 e. The first-order chi connectivity index (χ1) is 11.4. The Kier molecular flexibility index (Phi) is 4.28. The van der Waals surface area contributed by atoms with Crippen molar-refractivity contribution in [1.29, 1.82) is 0 Å². The third-order valence-electron chi connectivity index (χ3n) is 4.23. The highest BCUT2D eigenvalue weighted by molar-refractivity contribution is 6.33. The molecule has 2 heterocycles. The Morgan fingerprint density at radius 2 is 1.92 bits per heavy atom. The van der Waals surface area contributed by atoms with Crippen molar-refractivity contribution in [2.45, 2.75) is 33.6 Å². The van der Waals surface area contributed by atoms with Crippen molar-refractivity contribution in [3.05, 3.63) is 51.9 Å². The van der Waals surface area contributed by atoms with E-state index in [2.05, 4.69) is 5.10 Å². The first-order valence-electron chi connectivity index (χ1n) is 7.72. The molecule has 0 saturated carbocycles. The molecule has 0 radical (unpaired) electrons. The van der Waals surface area contributed by atoms with E-state index in [1.165, 1.54) is 0 Å². The van der Waals surface area contributed by atoms with Crippen LogP contribution < -0.4 is 0 Å². The highest BCUT2D eigenvalue weighted by atomic mass is 35.5. The Labute approximate surface area is 144 Å². The highest BCUT2D eigenvalue weighted by Crippen LogP contribution is 2.33. The molecule has 24 heavy (non-hydrogen) atoms. The van der Waals surface area contributed by atoms with E-state index in [0.29, 0.717) is 11.4 Å². The lowest BCUT2D eigenvalue weighted by Crippen LogP contribution is -2.08. The predicted molar refractivity (Wildman–Crippen MR) is 93.6 cm³/mol. The van der Waals surface area contributed by atoms with Crippen LogP contribution in [0.1, 0.15) is 29.1 Å². The summed E-state index contributed by atoms with van der Waals surface area (Å²) in [6.45, 7) is 5.78. The molecule has 0 spiro atoms. The molecule has 1 aromatic carbocycles. The first-order valence-corrected chi connectivity index (χ1v) is 8.10. The minimum absolute atomic E-state index is 0.0759. The van der Waals surface area contributed by atoms with Crippen molar-refractivity contribution >= 4 is 23.2 Å². The minimum atomic E-state index is -0.817. The molecule has 5 nitrogen and oxygen atoms in total. The van der Waals surface area contributed by atoms with E-state index in [-0.39, 0.29) is 6.42 Å². The van der Waals surface area contributed by atoms with Gasteiger partial charge in [0.1, 0.15) is 0 Å². The van der Waals surface area contributed by atoms with Gasteiger partial charge in [0, 0.05) is 28.4 Å². The summed E-state index contributed by atoms with van der Waals surface area (Å²) >= 11 is 6.35. The third kappa shape index (κ3) is 2.76. The van der Waals surface area contributed by atoms with Crippen molar-refractivity contribution in [3.63, 3.8) is 0 Å². The summed E-state index contributed by atoms with van der Waals surface area (Å²) in [5.74, 6) is -0.817. The monoisotopic (exact) mass is 343 g/mol. The van der Waals surface area contributed by atoms with Gasteiger partial charge in [-0.15, -0.1) is 0 Å². The Morgan fingerprint density at radius 1 is 1.21 bits per heavy atom. The zero-order chi connectivity index (χ0) is 17.4. The number of carbonyl (C=O) groups is 1. The fourth-order valence-electron chi connectivity index (χ4n) is 3.04. The van der Waals surface area contributed by atoms with Crippen LogP contribution in [-0.2, 0) is 11.2 Å². The van der Waals surface area contributed by atoms with E-state index in [1.807, 2.05) is 45.0 Å². The third-order valence-corrected chi connectivity index (χ3v) is 4.56. The summed E-state index contributed by atoms with van der Waals surface area (Å²) < 4.78 is 1.79. The molecule has 3 aromatic rings. The maximum absolute atomic E-state index is 10.9. The lowest BCUT2D eigenvalue weighted by molar-refractivity contribution is -0.136. The van der Waals surface area contributed by atoms with Crippen molar-refractivity contribution in [1.82, 2.24) is 14.6 Å². The van der Waals surface area contributed by atoms with E-state index in [1.54, 1.807) is 4.52 Å². The van der Waals surface area contributed by atoms with E-state index < -0.39 is 5.97 Å². The Bertz CT molecular complexity index is 947. The summed E-state index contributed by atoms with van der Waals surface area (Å²) in [6.07, 6.45) is 0.517. The number of rotatable bonds is 4. The van der Waals surface area contributed by atoms with Crippen LogP contribution in [0.2, 0.25) is 5.02 Å². The number of aryl methyl sites for hydroxylation is 3. The number of benzene rings is 1. The number of halogens is 1. The molecule has 0 atom stereocenters. The molecule has 124 valence electrons. The fourth-order valence-corrected chi connectivity index (χ4v) is 3.27. The molecule has 0 bridgehead atoms. The van der Waals surface area contributed by atoms with Gasteiger partial charge < -0.3 is 5.11 Å². The van der Waals surface area contributed by atoms with Crippen LogP contribution in [0.15, 0.2) is 24.3 Å². The van der Waals surface area contributed by atoms with E-state index >= 15 is 0 Å². The number of aliphatic carboxylic acids is 1. The zero-order valence-electron chi connectivity index (χ0n) is 13.8. The summed E-state index contributed by atoms with van der Waals surface area (Å²) in [6, 6.07) is 7.63. The van der Waals surface area contributed by atoms with E-state index in [4.69, 9.17) is 21.7 Å². The van der Waals surface area contributed by atoms with Crippen LogP contribution in [-0.4, -0.2) is 25.7 Å². The summed E-state index contributed by atoms with van der Waals surface area (Å²) in [5.41, 5.74) is 6.07. The van der Waals surface area contributed by atoms with E-state index in [9.17, 15) is 4.79 Å². The Morgan fingerprint density at radius 3 is 2.58 bits per heavy atom. The SMILES string of the molecule is Cc1nc2c(-c3ccccc3Cl)c(C)nn2c(C)c1CCC(=O)O. The molecule has 1 N–H and O–H groups in total. The van der Waals surface area contributed by atoms with Gasteiger partial charge in [0.2, 0.25) is 0 Å². The van der Waals surface area contributed by atoms with Gasteiger partial charge in [-0.3, -0.25) is 4.79 Å². The number of hydrogen-bond acceptors (Lipinski definition) is 3. The van der Waals surface area contributed by atoms with Gasteiger partial charge in [-0.2, -0.15) is 5.10 Å². The summed E-state index contributed by atoms with van der Waals surface area (Å²) in [7, 11) is 0. The summed E-state index contributed by atoms with van der Waals surface area (Å²) in [5, 5.41) is 14.2. The number of carboxylic acids is 1. The van der Waals surface area contributed by atoms with Gasteiger partial charge in [-0.1, -0.05) is 29.8 Å². The van der Waals surface area contributed by atoms with Crippen molar-refractivity contribution < 1.29 is 9.90 Å². The van der Waals surface area contributed by atoms with Gasteiger partial charge in [-0.25, -0.2) is 9.50 Å². The van der Waals surface area contributed by atoms with Crippen LogP contribution in [0.3, 0.4) is 0 Å². The zero-order valence-corrected chi connectivity index (χ0v) is 14.6. The van der Waals surface area contributed by atoms with Crippen LogP contribution in [0, 0.1) is 20.8 Å². The van der Waals surface area contributed by atoms with Gasteiger partial charge in [0.15, 0.2) is 5.65 Å². The quantitative estimate of drug-likeness (QED) is 0.777. The average Bonchev–Trinajstić information content (AvgIpc) is 2.84. The standard InChI is InChI=1S/C18H18ClN3O2/c1-10-13(8-9-16(23)24)12(3)22-18(20-10)17(11(2)21-22)14-6-4-5-7-15(14)19/h4-7H,8-9H2,1-3H3,(H,23,24). The molecular weight excluding hydrogens is 326 g/mol. The van der Waals surface area contributed by atoms with Crippen molar-refractivity contribution in [3.8, 4) is 11.1 Å². The van der Waals surface area contributed by atoms with Gasteiger partial charge >= 0.3 is 5.97 Å². The number of fused-ring (bicyclic) bond motifs is 1. The average molecular weight is 344 g/mol. The molecule has 6 heteroatoms. The topological polar surface area (TPSA) is 67.5 Å². The smallest absolute Gasteiger partial charge is 0.303 e. The minimum Gasteiger partial charge on any atom is -0.481 e. The van der Waals surface area contributed by atoms with Gasteiger partial charge in [0.05, 0.1) is 11.3 Å². The highest BCUT2D eigenvalue weighted by Gasteiger charge is 2.19. The molecule has 0 aliphatic rings. The molecule has 0 saturated heterocycles. The molecule has 0 aliphatic heterocycles. The molecule has 2 aromatic heterocycles. The van der Waals surface area contributed by atoms with Crippen molar-refractivity contribution in [2.75, 3.05) is 0 Å². The van der Waals surface area contributed by atoms with Crippen molar-refractivity contribution in [2.24, 2.45) is 0 Å². The van der Waals surface area contributed by atoms with Crippen LogP contribution in [0.25, 0.3) is 16.8 Å². The van der Waals surface area contributed by atoms with Gasteiger partial charge in [-0.05, 0) is 38.8 Å². The Hall–Kier alpha value is -2.40. The van der Waals surface area contributed by atoms with Gasteiger partial charge in [0.25, 0.3) is 0 Å². The Balaban J connectivity index is 2.23. The molecule has 0 amide bonds. The fraction of sp³-hybridized carbons (Fsp3) is 0.278. The molecule has 0 aliphatic carbocycles. The maximum atomic E-state index is 10.9. The first kappa shape index (κ1) is 16.5. The number of carboxylic acid groups (broad SMARTS) is 1. The number of hydrogen-bond donors (Lipinski definition) is 1. The normalized spacial score (nSPS) is 11.2. The molecular formula is C18H18ClN3O2. The van der Waals surface area contributed by atoms with Crippen LogP contribution in [0.4, 0.5) is 0 Å². The number of nitrogens with zero attached hydrogens (tertiary/aromatic N) is 3. The maximum Gasteiger partial charge on any atom is 0.303 e. The predicted octanol–water partition coefficient (Wildman–Crippen LogP) is 3.99. The second kappa shape index (κ2) is 6.24.